The molecule has 0 aliphatic carbocycles. The molecule has 3 rings (SSSR count). The molecule has 0 aromatic heterocycles. The molecule has 0 fully saturated rings. The fourth-order valence-corrected chi connectivity index (χ4v) is 2.95. The van der Waals surface area contributed by atoms with E-state index in [1.165, 1.54) is 12.1 Å². The molecular weight excluding hydrogens is 367 g/mol. The highest BCUT2D eigenvalue weighted by Gasteiger charge is 2.30. The molecule has 0 saturated heterocycles. The third-order valence-corrected chi connectivity index (χ3v) is 4.22. The second-order valence-electron chi connectivity index (χ2n) is 6.33. The Balaban J connectivity index is 1.82. The molecule has 6 heteroatoms. The first-order valence-electron chi connectivity index (χ1n) is 8.72. The standard InChI is InChI=1S/C22H20F3NO2/c1-15-11-18(17-7-9-20(10-8-17)28-22(23,24)25)12-19(13-26)21(15)27-14-16-5-3-2-4-6-16/h2-12H,13-14,26H2,1H3. The lowest BCUT2D eigenvalue weighted by Crippen LogP contribution is -2.16. The minimum absolute atomic E-state index is 0.255. The Kier molecular flexibility index (Phi) is 5.90. The first-order chi connectivity index (χ1) is 13.4. The molecule has 3 aromatic carbocycles. The van der Waals surface area contributed by atoms with Crippen molar-refractivity contribution in [2.75, 3.05) is 0 Å². The quantitative estimate of drug-likeness (QED) is 0.599. The number of hydrogen-bond acceptors (Lipinski definition) is 3. The minimum atomic E-state index is -4.71. The SMILES string of the molecule is Cc1cc(-c2ccc(OC(F)(F)F)cc2)cc(CN)c1OCc1ccccc1. The zero-order valence-corrected chi connectivity index (χ0v) is 15.3. The fraction of sp³-hybridized carbons (Fsp3) is 0.182. The van der Waals surface area contributed by atoms with Crippen LogP contribution in [-0.4, -0.2) is 6.36 Å². The summed E-state index contributed by atoms with van der Waals surface area (Å²) in [6, 6.07) is 19.4. The third kappa shape index (κ3) is 5.04. The number of hydrogen-bond donors (Lipinski definition) is 1. The number of aryl methyl sites for hydroxylation is 1. The first kappa shape index (κ1) is 19.8. The lowest BCUT2D eigenvalue weighted by molar-refractivity contribution is -0.274. The van der Waals surface area contributed by atoms with Gasteiger partial charge in [0.1, 0.15) is 18.1 Å². The van der Waals surface area contributed by atoms with E-state index in [1.54, 1.807) is 12.1 Å². The van der Waals surface area contributed by atoms with E-state index in [4.69, 9.17) is 10.5 Å². The summed E-state index contributed by atoms with van der Waals surface area (Å²) < 4.78 is 46.8. The van der Waals surface area contributed by atoms with Crippen molar-refractivity contribution in [1.82, 2.24) is 0 Å². The normalized spacial score (nSPS) is 11.3. The van der Waals surface area contributed by atoms with Gasteiger partial charge in [-0.15, -0.1) is 13.2 Å². The fourth-order valence-electron chi connectivity index (χ4n) is 2.95. The van der Waals surface area contributed by atoms with Gasteiger partial charge in [-0.2, -0.15) is 0 Å². The van der Waals surface area contributed by atoms with Gasteiger partial charge in [-0.3, -0.25) is 0 Å². The van der Waals surface area contributed by atoms with E-state index in [0.717, 1.165) is 33.6 Å². The molecule has 0 amide bonds. The molecule has 0 spiro atoms. The van der Waals surface area contributed by atoms with E-state index in [-0.39, 0.29) is 12.3 Å². The highest BCUT2D eigenvalue weighted by atomic mass is 19.4. The molecule has 0 bridgehead atoms. The highest BCUT2D eigenvalue weighted by Crippen LogP contribution is 2.32. The number of rotatable bonds is 6. The molecule has 146 valence electrons. The predicted molar refractivity (Wildman–Crippen MR) is 102 cm³/mol. The van der Waals surface area contributed by atoms with Crippen molar-refractivity contribution in [3.8, 4) is 22.6 Å². The Morgan fingerprint density at radius 1 is 0.893 bits per heavy atom. The van der Waals surface area contributed by atoms with Crippen LogP contribution in [0.15, 0.2) is 66.7 Å². The van der Waals surface area contributed by atoms with Gasteiger partial charge >= 0.3 is 6.36 Å². The second kappa shape index (κ2) is 8.35. The zero-order valence-electron chi connectivity index (χ0n) is 15.3. The van der Waals surface area contributed by atoms with E-state index in [0.29, 0.717) is 6.61 Å². The monoisotopic (exact) mass is 387 g/mol. The van der Waals surface area contributed by atoms with Crippen molar-refractivity contribution in [3.63, 3.8) is 0 Å². The van der Waals surface area contributed by atoms with Gasteiger partial charge < -0.3 is 15.2 Å². The summed E-state index contributed by atoms with van der Waals surface area (Å²) in [4.78, 5) is 0. The molecule has 3 nitrogen and oxygen atoms in total. The van der Waals surface area contributed by atoms with E-state index < -0.39 is 6.36 Å². The largest absolute Gasteiger partial charge is 0.573 e. The van der Waals surface area contributed by atoms with Crippen molar-refractivity contribution in [3.05, 3.63) is 83.4 Å². The molecule has 0 heterocycles. The Labute approximate surface area is 161 Å². The van der Waals surface area contributed by atoms with Gasteiger partial charge in [0.15, 0.2) is 0 Å². The van der Waals surface area contributed by atoms with Gasteiger partial charge in [0.05, 0.1) is 0 Å². The first-order valence-corrected chi connectivity index (χ1v) is 8.72. The van der Waals surface area contributed by atoms with Crippen molar-refractivity contribution in [1.29, 1.82) is 0 Å². The number of benzene rings is 3. The van der Waals surface area contributed by atoms with Crippen molar-refractivity contribution in [2.45, 2.75) is 26.4 Å². The molecule has 0 saturated carbocycles. The molecule has 0 atom stereocenters. The third-order valence-electron chi connectivity index (χ3n) is 4.22. The molecule has 0 radical (unpaired) electrons. The smallest absolute Gasteiger partial charge is 0.488 e. The Hall–Kier alpha value is -2.99. The van der Waals surface area contributed by atoms with Gasteiger partial charge in [0, 0.05) is 12.1 Å². The van der Waals surface area contributed by atoms with Gasteiger partial charge in [0.25, 0.3) is 0 Å². The summed E-state index contributed by atoms with van der Waals surface area (Å²) in [5.74, 6) is 0.474. The maximum Gasteiger partial charge on any atom is 0.573 e. The molecule has 2 N–H and O–H groups in total. The van der Waals surface area contributed by atoms with E-state index >= 15 is 0 Å². The van der Waals surface area contributed by atoms with Crippen LogP contribution in [0.4, 0.5) is 13.2 Å². The van der Waals surface area contributed by atoms with Crippen LogP contribution < -0.4 is 15.2 Å². The summed E-state index contributed by atoms with van der Waals surface area (Å²) in [7, 11) is 0. The molecule has 3 aromatic rings. The average molecular weight is 387 g/mol. The minimum Gasteiger partial charge on any atom is -0.488 e. The lowest BCUT2D eigenvalue weighted by Gasteiger charge is -2.16. The van der Waals surface area contributed by atoms with Gasteiger partial charge in [-0.1, -0.05) is 42.5 Å². The predicted octanol–water partition coefficient (Wildman–Crippen LogP) is 5.60. The number of alkyl halides is 3. The number of nitrogens with two attached hydrogens (primary N) is 1. The summed E-state index contributed by atoms with van der Waals surface area (Å²) in [5.41, 5.74) is 10.3. The van der Waals surface area contributed by atoms with Crippen LogP contribution in [0.1, 0.15) is 16.7 Å². The van der Waals surface area contributed by atoms with Crippen LogP contribution >= 0.6 is 0 Å². The van der Waals surface area contributed by atoms with Crippen LogP contribution in [0.25, 0.3) is 11.1 Å². The molecule has 0 aliphatic heterocycles. The van der Waals surface area contributed by atoms with Crippen LogP contribution in [0.5, 0.6) is 11.5 Å². The van der Waals surface area contributed by atoms with Crippen LogP contribution in [0, 0.1) is 6.92 Å². The summed E-state index contributed by atoms with van der Waals surface area (Å²) in [6.07, 6.45) is -4.71. The van der Waals surface area contributed by atoms with Crippen LogP contribution in [0.2, 0.25) is 0 Å². The number of halogens is 3. The second-order valence-corrected chi connectivity index (χ2v) is 6.33. The maximum absolute atomic E-state index is 12.3. The Morgan fingerprint density at radius 2 is 1.57 bits per heavy atom. The number of ether oxygens (including phenoxy) is 2. The Morgan fingerprint density at radius 3 is 2.18 bits per heavy atom. The molecule has 0 unspecified atom stereocenters. The van der Waals surface area contributed by atoms with Gasteiger partial charge in [0.2, 0.25) is 0 Å². The zero-order chi connectivity index (χ0) is 20.1. The molecular formula is C22H20F3NO2. The molecule has 0 aliphatic rings. The van der Waals surface area contributed by atoms with Crippen molar-refractivity contribution >= 4 is 0 Å². The van der Waals surface area contributed by atoms with Crippen LogP contribution in [-0.2, 0) is 13.2 Å². The molecule has 28 heavy (non-hydrogen) atoms. The summed E-state index contributed by atoms with van der Waals surface area (Å²) in [6.45, 7) is 2.63. The van der Waals surface area contributed by atoms with Gasteiger partial charge in [-0.05, 0) is 53.4 Å². The van der Waals surface area contributed by atoms with E-state index in [2.05, 4.69) is 4.74 Å². The van der Waals surface area contributed by atoms with E-state index in [1.807, 2.05) is 49.4 Å². The topological polar surface area (TPSA) is 44.5 Å². The van der Waals surface area contributed by atoms with Crippen molar-refractivity contribution in [2.24, 2.45) is 5.73 Å². The average Bonchev–Trinajstić information content (AvgIpc) is 2.66. The lowest BCUT2D eigenvalue weighted by atomic mass is 9.99. The Bertz CT molecular complexity index is 923. The van der Waals surface area contributed by atoms with E-state index in [9.17, 15) is 13.2 Å². The van der Waals surface area contributed by atoms with Crippen LogP contribution in [0.3, 0.4) is 0 Å². The van der Waals surface area contributed by atoms with Gasteiger partial charge in [-0.25, -0.2) is 0 Å². The summed E-state index contributed by atoms with van der Waals surface area (Å²) >= 11 is 0. The van der Waals surface area contributed by atoms with Crippen molar-refractivity contribution < 1.29 is 22.6 Å². The highest BCUT2D eigenvalue weighted by molar-refractivity contribution is 5.68. The maximum atomic E-state index is 12.3. The summed E-state index contributed by atoms with van der Waals surface area (Å²) in [5, 5.41) is 0.